The molecule has 4 heteroatoms. The molecule has 1 unspecified atom stereocenters. The fraction of sp³-hybridized carbons (Fsp3) is 0.571. The molecule has 1 aromatic rings. The smallest absolute Gasteiger partial charge is 0.123 e. The molecule has 0 radical (unpaired) electrons. The molecule has 1 aromatic carbocycles. The van der Waals surface area contributed by atoms with Crippen molar-refractivity contribution in [2.75, 3.05) is 31.9 Å². The summed E-state index contributed by atoms with van der Waals surface area (Å²) in [4.78, 5) is 3.79. The zero-order valence-corrected chi connectivity index (χ0v) is 11.3. The van der Waals surface area contributed by atoms with Crippen LogP contribution >= 0.6 is 11.8 Å². The van der Waals surface area contributed by atoms with E-state index in [0.717, 1.165) is 38.4 Å². The lowest BCUT2D eigenvalue weighted by atomic mass is 10.0. The summed E-state index contributed by atoms with van der Waals surface area (Å²) < 4.78 is 13.5. The monoisotopic (exact) mass is 266 g/mol. The van der Waals surface area contributed by atoms with Crippen LogP contribution in [0.1, 0.15) is 24.4 Å². The molecule has 0 bridgehead atoms. The van der Waals surface area contributed by atoms with E-state index in [1.165, 1.54) is 16.9 Å². The van der Waals surface area contributed by atoms with Crippen molar-refractivity contribution in [2.45, 2.75) is 23.8 Å². The fourth-order valence-corrected chi connectivity index (χ4v) is 3.99. The quantitative estimate of drug-likeness (QED) is 0.841. The average Bonchev–Trinajstić information content (AvgIpc) is 2.67. The van der Waals surface area contributed by atoms with Crippen LogP contribution in [0.2, 0.25) is 0 Å². The minimum Gasteiger partial charge on any atom is -0.315 e. The molecular weight excluding hydrogens is 247 g/mol. The van der Waals surface area contributed by atoms with Gasteiger partial charge in [-0.25, -0.2) is 4.39 Å². The minimum absolute atomic E-state index is 0.103. The zero-order valence-electron chi connectivity index (χ0n) is 10.5. The Balaban J connectivity index is 1.87. The van der Waals surface area contributed by atoms with Crippen molar-refractivity contribution in [3.05, 3.63) is 29.6 Å². The van der Waals surface area contributed by atoms with E-state index in [2.05, 4.69) is 10.2 Å². The summed E-state index contributed by atoms with van der Waals surface area (Å²) in [6.07, 6.45) is 2.33. The van der Waals surface area contributed by atoms with E-state index >= 15 is 0 Å². The van der Waals surface area contributed by atoms with Gasteiger partial charge in [0.05, 0.1) is 0 Å². The molecule has 1 atom stereocenters. The Labute approximate surface area is 112 Å². The standard InChI is InChI=1S/C14H19FN2S/c15-11-2-3-14-12(10-11)13(4-9-18-14)17-7-1-5-16-6-8-17/h2-3,10,13,16H,1,4-9H2. The first kappa shape index (κ1) is 12.5. The van der Waals surface area contributed by atoms with Crippen molar-refractivity contribution in [3.8, 4) is 0 Å². The molecule has 0 spiro atoms. The van der Waals surface area contributed by atoms with Crippen LogP contribution in [0, 0.1) is 5.82 Å². The highest BCUT2D eigenvalue weighted by atomic mass is 32.2. The van der Waals surface area contributed by atoms with E-state index in [-0.39, 0.29) is 5.82 Å². The Hall–Kier alpha value is -0.580. The summed E-state index contributed by atoms with van der Waals surface area (Å²) in [5, 5.41) is 3.43. The van der Waals surface area contributed by atoms with Crippen LogP contribution < -0.4 is 5.32 Å². The van der Waals surface area contributed by atoms with Gasteiger partial charge < -0.3 is 5.32 Å². The highest BCUT2D eigenvalue weighted by Gasteiger charge is 2.27. The Bertz CT molecular complexity index is 416. The zero-order chi connectivity index (χ0) is 12.4. The van der Waals surface area contributed by atoms with Gasteiger partial charge in [-0.05, 0) is 48.9 Å². The van der Waals surface area contributed by atoms with E-state index < -0.39 is 0 Å². The van der Waals surface area contributed by atoms with E-state index in [9.17, 15) is 4.39 Å². The SMILES string of the molecule is Fc1ccc2c(c1)C(N1CCCNCC1)CCS2. The molecule has 98 valence electrons. The minimum atomic E-state index is -0.103. The van der Waals surface area contributed by atoms with Gasteiger partial charge in [-0.1, -0.05) is 0 Å². The second kappa shape index (κ2) is 5.59. The first-order chi connectivity index (χ1) is 8.84. The van der Waals surface area contributed by atoms with Crippen molar-refractivity contribution in [2.24, 2.45) is 0 Å². The van der Waals surface area contributed by atoms with Crippen molar-refractivity contribution in [1.29, 1.82) is 0 Å². The number of thioether (sulfide) groups is 1. The van der Waals surface area contributed by atoms with Crippen LogP contribution in [-0.2, 0) is 0 Å². The number of halogens is 1. The van der Waals surface area contributed by atoms with Crippen molar-refractivity contribution >= 4 is 11.8 Å². The van der Waals surface area contributed by atoms with Gasteiger partial charge in [0.1, 0.15) is 5.82 Å². The molecule has 2 aliphatic heterocycles. The number of rotatable bonds is 1. The first-order valence-electron chi connectivity index (χ1n) is 6.71. The maximum Gasteiger partial charge on any atom is 0.123 e. The van der Waals surface area contributed by atoms with Crippen LogP contribution in [-0.4, -0.2) is 36.8 Å². The Kier molecular flexibility index (Phi) is 3.87. The number of fused-ring (bicyclic) bond motifs is 1. The number of nitrogens with one attached hydrogen (secondary N) is 1. The van der Waals surface area contributed by atoms with Gasteiger partial charge in [0.25, 0.3) is 0 Å². The lowest BCUT2D eigenvalue weighted by Gasteiger charge is -2.34. The van der Waals surface area contributed by atoms with Crippen molar-refractivity contribution in [1.82, 2.24) is 10.2 Å². The molecule has 0 saturated carbocycles. The predicted octanol–water partition coefficient (Wildman–Crippen LogP) is 2.66. The van der Waals surface area contributed by atoms with Crippen LogP contribution in [0.25, 0.3) is 0 Å². The van der Waals surface area contributed by atoms with Gasteiger partial charge in [-0.15, -0.1) is 11.8 Å². The fourth-order valence-electron chi connectivity index (χ4n) is 2.90. The van der Waals surface area contributed by atoms with E-state index in [1.54, 1.807) is 12.1 Å². The van der Waals surface area contributed by atoms with Crippen molar-refractivity contribution < 1.29 is 4.39 Å². The lowest BCUT2D eigenvalue weighted by molar-refractivity contribution is 0.202. The third kappa shape index (κ3) is 2.56. The van der Waals surface area contributed by atoms with Gasteiger partial charge in [-0.2, -0.15) is 0 Å². The maximum atomic E-state index is 13.5. The van der Waals surface area contributed by atoms with Gasteiger partial charge in [-0.3, -0.25) is 4.90 Å². The van der Waals surface area contributed by atoms with Crippen LogP contribution in [0.4, 0.5) is 4.39 Å². The second-order valence-corrected chi connectivity index (χ2v) is 6.11. The molecule has 2 aliphatic rings. The summed E-state index contributed by atoms with van der Waals surface area (Å²) >= 11 is 1.86. The second-order valence-electron chi connectivity index (χ2n) is 4.97. The Morgan fingerprint density at radius 2 is 2.22 bits per heavy atom. The Morgan fingerprint density at radius 3 is 3.17 bits per heavy atom. The van der Waals surface area contributed by atoms with Gasteiger partial charge >= 0.3 is 0 Å². The van der Waals surface area contributed by atoms with Crippen molar-refractivity contribution in [3.63, 3.8) is 0 Å². The summed E-state index contributed by atoms with van der Waals surface area (Å²) in [6.45, 7) is 4.35. The molecule has 0 aliphatic carbocycles. The average molecular weight is 266 g/mol. The van der Waals surface area contributed by atoms with Gasteiger partial charge in [0, 0.05) is 30.6 Å². The summed E-state index contributed by atoms with van der Waals surface area (Å²) in [5.41, 5.74) is 1.20. The topological polar surface area (TPSA) is 15.3 Å². The summed E-state index contributed by atoms with van der Waals surface area (Å²) in [5.74, 6) is 1.04. The molecule has 2 nitrogen and oxygen atoms in total. The van der Waals surface area contributed by atoms with Gasteiger partial charge in [0.15, 0.2) is 0 Å². The number of benzene rings is 1. The maximum absolute atomic E-state index is 13.5. The van der Waals surface area contributed by atoms with Crippen LogP contribution in [0.5, 0.6) is 0 Å². The van der Waals surface area contributed by atoms with Crippen LogP contribution in [0.15, 0.2) is 23.1 Å². The van der Waals surface area contributed by atoms with Gasteiger partial charge in [0.2, 0.25) is 0 Å². The summed E-state index contributed by atoms with van der Waals surface area (Å²) in [7, 11) is 0. The van der Waals surface area contributed by atoms with Crippen LogP contribution in [0.3, 0.4) is 0 Å². The molecule has 1 fully saturated rings. The largest absolute Gasteiger partial charge is 0.315 e. The molecule has 1 N–H and O–H groups in total. The highest BCUT2D eigenvalue weighted by molar-refractivity contribution is 7.99. The third-order valence-electron chi connectivity index (χ3n) is 3.80. The predicted molar refractivity (Wildman–Crippen MR) is 73.5 cm³/mol. The number of hydrogen-bond donors (Lipinski definition) is 1. The molecular formula is C14H19FN2S. The molecule has 0 aromatic heterocycles. The highest BCUT2D eigenvalue weighted by Crippen LogP contribution is 2.39. The number of nitrogens with zero attached hydrogens (tertiary/aromatic N) is 1. The molecule has 2 heterocycles. The number of hydrogen-bond acceptors (Lipinski definition) is 3. The van der Waals surface area contributed by atoms with E-state index in [4.69, 9.17) is 0 Å². The van der Waals surface area contributed by atoms with E-state index in [0.29, 0.717) is 6.04 Å². The molecule has 18 heavy (non-hydrogen) atoms. The third-order valence-corrected chi connectivity index (χ3v) is 4.92. The summed E-state index contributed by atoms with van der Waals surface area (Å²) in [6, 6.07) is 5.68. The lowest BCUT2D eigenvalue weighted by Crippen LogP contribution is -2.34. The van der Waals surface area contributed by atoms with E-state index in [1.807, 2.05) is 17.8 Å². The first-order valence-corrected chi connectivity index (χ1v) is 7.70. The molecule has 0 amide bonds. The molecule has 1 saturated heterocycles. The normalized spacial score (nSPS) is 25.5. The molecule has 3 rings (SSSR count). The Morgan fingerprint density at radius 1 is 1.28 bits per heavy atom.